The van der Waals surface area contributed by atoms with Gasteiger partial charge in [-0.1, -0.05) is 17.7 Å². The van der Waals surface area contributed by atoms with Gasteiger partial charge in [0.05, 0.1) is 7.11 Å². The maximum Gasteiger partial charge on any atom is 0.175 e. The molecule has 2 N–H and O–H groups in total. The quantitative estimate of drug-likeness (QED) is 0.820. The lowest BCUT2D eigenvalue weighted by atomic mass is 10.2. The highest BCUT2D eigenvalue weighted by molar-refractivity contribution is 7.80. The maximum absolute atomic E-state index is 5.93. The highest BCUT2D eigenvalue weighted by Crippen LogP contribution is 2.21. The second-order valence-corrected chi connectivity index (χ2v) is 5.12. The number of hydrogen-bond donors (Lipinski definition) is 2. The molecule has 3 nitrogen and oxygen atoms in total. The summed E-state index contributed by atoms with van der Waals surface area (Å²) in [5, 5.41) is 7.42. The van der Waals surface area contributed by atoms with Gasteiger partial charge in [0.15, 0.2) is 5.11 Å². The Morgan fingerprint density at radius 2 is 1.95 bits per heavy atom. The van der Waals surface area contributed by atoms with Crippen molar-refractivity contribution < 1.29 is 4.74 Å². The van der Waals surface area contributed by atoms with Gasteiger partial charge < -0.3 is 15.4 Å². The molecule has 104 valence electrons. The summed E-state index contributed by atoms with van der Waals surface area (Å²) in [4.78, 5) is 0. The van der Waals surface area contributed by atoms with Crippen LogP contribution >= 0.6 is 23.8 Å². The van der Waals surface area contributed by atoms with E-state index in [9.17, 15) is 0 Å². The Morgan fingerprint density at radius 1 is 1.15 bits per heavy atom. The molecule has 2 aromatic rings. The van der Waals surface area contributed by atoms with E-state index in [4.69, 9.17) is 28.6 Å². The van der Waals surface area contributed by atoms with Crippen LogP contribution < -0.4 is 15.4 Å². The van der Waals surface area contributed by atoms with Crippen molar-refractivity contribution in [3.8, 4) is 5.75 Å². The van der Waals surface area contributed by atoms with E-state index in [2.05, 4.69) is 10.6 Å². The largest absolute Gasteiger partial charge is 0.497 e. The van der Waals surface area contributed by atoms with E-state index < -0.39 is 0 Å². The van der Waals surface area contributed by atoms with Crippen molar-refractivity contribution in [2.24, 2.45) is 0 Å². The predicted octanol–water partition coefficient (Wildman–Crippen LogP) is 4.47. The first kappa shape index (κ1) is 14.6. The Morgan fingerprint density at radius 3 is 2.60 bits per heavy atom. The normalized spacial score (nSPS) is 9.95. The molecule has 0 aliphatic rings. The maximum atomic E-state index is 5.93. The minimum atomic E-state index is 0.514. The van der Waals surface area contributed by atoms with Crippen LogP contribution in [0.2, 0.25) is 5.02 Å². The van der Waals surface area contributed by atoms with Gasteiger partial charge in [0, 0.05) is 16.4 Å². The summed E-state index contributed by atoms with van der Waals surface area (Å²) >= 11 is 11.2. The molecule has 0 radical (unpaired) electrons. The molecule has 0 aromatic heterocycles. The first-order chi connectivity index (χ1) is 9.58. The first-order valence-corrected chi connectivity index (χ1v) is 6.85. The Kier molecular flexibility index (Phi) is 4.82. The highest BCUT2D eigenvalue weighted by atomic mass is 35.5. The molecule has 2 aromatic carbocycles. The highest BCUT2D eigenvalue weighted by Gasteiger charge is 2.03. The lowest BCUT2D eigenvalue weighted by molar-refractivity contribution is 0.414. The van der Waals surface area contributed by atoms with Crippen molar-refractivity contribution in [3.63, 3.8) is 0 Å². The van der Waals surface area contributed by atoms with Gasteiger partial charge in [-0.3, -0.25) is 0 Å². The number of ether oxygens (including phenoxy) is 1. The molecule has 0 heterocycles. The van der Waals surface area contributed by atoms with Gasteiger partial charge in [-0.05, 0) is 61.1 Å². The molecule has 2 rings (SSSR count). The van der Waals surface area contributed by atoms with Gasteiger partial charge >= 0.3 is 0 Å². The molecule has 0 saturated heterocycles. The summed E-state index contributed by atoms with van der Waals surface area (Å²) in [5.41, 5.74) is 2.84. The van der Waals surface area contributed by atoms with Crippen LogP contribution in [0.1, 0.15) is 5.56 Å². The average Bonchev–Trinajstić information content (AvgIpc) is 2.41. The molecule has 0 aliphatic heterocycles. The summed E-state index contributed by atoms with van der Waals surface area (Å²) in [6.07, 6.45) is 0. The third-order valence-electron chi connectivity index (χ3n) is 2.76. The SMILES string of the molecule is COc1ccc(NC(=S)Nc2cccc(Cl)c2)c(C)c1. The molecule has 0 amide bonds. The number of hydrogen-bond acceptors (Lipinski definition) is 2. The lowest BCUT2D eigenvalue weighted by Gasteiger charge is -2.13. The molecule has 0 atom stereocenters. The summed E-state index contributed by atoms with van der Waals surface area (Å²) in [6.45, 7) is 1.99. The third kappa shape index (κ3) is 3.85. The van der Waals surface area contributed by atoms with Gasteiger partial charge in [0.25, 0.3) is 0 Å². The number of nitrogens with one attached hydrogen (secondary N) is 2. The van der Waals surface area contributed by atoms with Crippen molar-refractivity contribution in [3.05, 3.63) is 53.1 Å². The van der Waals surface area contributed by atoms with E-state index in [1.165, 1.54) is 0 Å². The van der Waals surface area contributed by atoms with Crippen LogP contribution in [0.25, 0.3) is 0 Å². The first-order valence-electron chi connectivity index (χ1n) is 6.06. The number of benzene rings is 2. The van der Waals surface area contributed by atoms with Gasteiger partial charge in [-0.15, -0.1) is 0 Å². The number of halogens is 1. The molecule has 20 heavy (non-hydrogen) atoms. The van der Waals surface area contributed by atoms with E-state index >= 15 is 0 Å². The van der Waals surface area contributed by atoms with Crippen LogP contribution in [0.5, 0.6) is 5.75 Å². The third-order valence-corrected chi connectivity index (χ3v) is 3.20. The summed E-state index contributed by atoms with van der Waals surface area (Å²) in [5.74, 6) is 0.821. The van der Waals surface area contributed by atoms with Crippen molar-refractivity contribution in [2.45, 2.75) is 6.92 Å². The number of aryl methyl sites for hydroxylation is 1. The number of anilines is 2. The van der Waals surface area contributed by atoms with E-state index in [0.717, 1.165) is 22.7 Å². The summed E-state index contributed by atoms with van der Waals surface area (Å²) in [7, 11) is 1.65. The molecule has 0 fully saturated rings. The van der Waals surface area contributed by atoms with Crippen molar-refractivity contribution in [1.82, 2.24) is 0 Å². The summed E-state index contributed by atoms with van der Waals surface area (Å²) < 4.78 is 5.17. The zero-order valence-corrected chi connectivity index (χ0v) is 12.8. The van der Waals surface area contributed by atoms with Gasteiger partial charge in [-0.25, -0.2) is 0 Å². The monoisotopic (exact) mass is 306 g/mol. The fourth-order valence-electron chi connectivity index (χ4n) is 1.75. The predicted molar refractivity (Wildman–Crippen MR) is 89.0 cm³/mol. The van der Waals surface area contributed by atoms with Crippen LogP contribution in [0.15, 0.2) is 42.5 Å². The molecule has 5 heteroatoms. The van der Waals surface area contributed by atoms with E-state index in [0.29, 0.717) is 10.1 Å². The molecular weight excluding hydrogens is 292 g/mol. The van der Waals surface area contributed by atoms with E-state index in [1.54, 1.807) is 7.11 Å². The topological polar surface area (TPSA) is 33.3 Å². The molecule has 0 saturated carbocycles. The Balaban J connectivity index is 2.05. The fourth-order valence-corrected chi connectivity index (χ4v) is 2.17. The Hall–Kier alpha value is -1.78. The Labute approximate surface area is 128 Å². The van der Waals surface area contributed by atoms with Gasteiger partial charge in [0.1, 0.15) is 5.75 Å². The molecule has 0 bridgehead atoms. The van der Waals surface area contributed by atoms with Crippen LogP contribution in [0, 0.1) is 6.92 Å². The van der Waals surface area contributed by atoms with Crippen LogP contribution in [-0.4, -0.2) is 12.2 Å². The van der Waals surface area contributed by atoms with Crippen molar-refractivity contribution >= 4 is 40.3 Å². The Bertz CT molecular complexity index is 631. The number of rotatable bonds is 3. The van der Waals surface area contributed by atoms with Crippen molar-refractivity contribution in [2.75, 3.05) is 17.7 Å². The van der Waals surface area contributed by atoms with Crippen LogP contribution in [-0.2, 0) is 0 Å². The zero-order chi connectivity index (χ0) is 14.5. The number of methoxy groups -OCH3 is 1. The number of thiocarbonyl (C=S) groups is 1. The molecular formula is C15H15ClN2OS. The molecule has 0 unspecified atom stereocenters. The standard InChI is InChI=1S/C15H15ClN2OS/c1-10-8-13(19-2)6-7-14(10)18-15(20)17-12-5-3-4-11(16)9-12/h3-9H,1-2H3,(H2,17,18,20). The summed E-state index contributed by atoms with van der Waals surface area (Å²) in [6, 6.07) is 13.2. The van der Waals surface area contributed by atoms with Crippen LogP contribution in [0.3, 0.4) is 0 Å². The minimum absolute atomic E-state index is 0.514. The van der Waals surface area contributed by atoms with Crippen molar-refractivity contribution in [1.29, 1.82) is 0 Å². The van der Waals surface area contributed by atoms with Crippen LogP contribution in [0.4, 0.5) is 11.4 Å². The zero-order valence-electron chi connectivity index (χ0n) is 11.2. The second kappa shape index (κ2) is 6.59. The second-order valence-electron chi connectivity index (χ2n) is 4.27. The minimum Gasteiger partial charge on any atom is -0.497 e. The van der Waals surface area contributed by atoms with Gasteiger partial charge in [-0.2, -0.15) is 0 Å². The smallest absolute Gasteiger partial charge is 0.175 e. The van der Waals surface area contributed by atoms with E-state index in [1.807, 2.05) is 49.4 Å². The van der Waals surface area contributed by atoms with E-state index in [-0.39, 0.29) is 0 Å². The fraction of sp³-hybridized carbons (Fsp3) is 0.133. The van der Waals surface area contributed by atoms with Gasteiger partial charge in [0.2, 0.25) is 0 Å². The average molecular weight is 307 g/mol. The lowest BCUT2D eigenvalue weighted by Crippen LogP contribution is -2.19. The molecule has 0 spiro atoms. The molecule has 0 aliphatic carbocycles.